The quantitative estimate of drug-likeness (QED) is 0.243. The number of alkyl halides is 3. The molecule has 0 aliphatic heterocycles. The van der Waals surface area contributed by atoms with Gasteiger partial charge in [-0.3, -0.25) is 9.78 Å². The highest BCUT2D eigenvalue weighted by atomic mass is 19.4. The van der Waals surface area contributed by atoms with Crippen molar-refractivity contribution in [1.29, 1.82) is 0 Å². The number of amides is 1. The number of benzene rings is 3. The largest absolute Gasteiger partial charge is 0.437 e. The van der Waals surface area contributed by atoms with E-state index in [1.807, 2.05) is 43.3 Å². The van der Waals surface area contributed by atoms with Crippen molar-refractivity contribution in [1.82, 2.24) is 29.2 Å². The van der Waals surface area contributed by atoms with Gasteiger partial charge in [0, 0.05) is 24.6 Å². The number of rotatable bonds is 6. The molecule has 3 aromatic heterocycles. The Labute approximate surface area is 259 Å². The SMILES string of the molecule is CN(C)Cc1ccccc1-c1ccc(NC(=O)n2c(=O)[nH]c3c(C(F)(F)F)nn(-c4cccc(-c5ccncc5)c4)c3c2=O)cc1. The number of carbonyl (C=O) groups is 1. The number of pyridine rings is 1. The maximum absolute atomic E-state index is 14.0. The van der Waals surface area contributed by atoms with Crippen molar-refractivity contribution >= 4 is 22.8 Å². The Hall–Kier alpha value is -5.82. The van der Waals surface area contributed by atoms with Crippen LogP contribution in [0.2, 0.25) is 0 Å². The van der Waals surface area contributed by atoms with E-state index in [4.69, 9.17) is 0 Å². The molecule has 10 nitrogen and oxygen atoms in total. The average molecular weight is 626 g/mol. The first-order valence-corrected chi connectivity index (χ1v) is 14.0. The zero-order valence-corrected chi connectivity index (χ0v) is 24.5. The molecule has 0 unspecified atom stereocenters. The highest BCUT2D eigenvalue weighted by molar-refractivity contribution is 5.93. The molecule has 0 fully saturated rings. The first-order chi connectivity index (χ1) is 22.0. The zero-order chi connectivity index (χ0) is 32.6. The number of H-pyrrole nitrogens is 1. The predicted octanol–water partition coefficient (Wildman–Crippen LogP) is 5.77. The number of halogens is 3. The molecule has 0 aliphatic rings. The van der Waals surface area contributed by atoms with Crippen LogP contribution in [0.4, 0.5) is 23.7 Å². The number of anilines is 1. The van der Waals surface area contributed by atoms with Gasteiger partial charge in [0.05, 0.1) is 5.69 Å². The molecule has 0 spiro atoms. The van der Waals surface area contributed by atoms with Crippen LogP contribution in [0.5, 0.6) is 0 Å². The Morgan fingerprint density at radius 2 is 1.61 bits per heavy atom. The van der Waals surface area contributed by atoms with E-state index in [1.54, 1.807) is 60.9 Å². The van der Waals surface area contributed by atoms with Crippen LogP contribution < -0.4 is 16.6 Å². The van der Waals surface area contributed by atoms with Crippen molar-refractivity contribution in [3.05, 3.63) is 129 Å². The van der Waals surface area contributed by atoms with Crippen LogP contribution in [0.25, 0.3) is 39.0 Å². The third kappa shape index (κ3) is 5.83. The Bertz CT molecular complexity index is 2190. The van der Waals surface area contributed by atoms with Gasteiger partial charge in [0.15, 0.2) is 11.2 Å². The van der Waals surface area contributed by atoms with Crippen LogP contribution in [0.3, 0.4) is 0 Å². The molecule has 3 aromatic carbocycles. The van der Waals surface area contributed by atoms with Crippen LogP contribution in [-0.2, 0) is 12.7 Å². The van der Waals surface area contributed by atoms with Gasteiger partial charge in [-0.2, -0.15) is 22.8 Å². The Morgan fingerprint density at radius 3 is 2.30 bits per heavy atom. The normalized spacial score (nSPS) is 11.7. The summed E-state index contributed by atoms with van der Waals surface area (Å²) in [5, 5.41) is 6.17. The molecule has 0 radical (unpaired) electrons. The first kappa shape index (κ1) is 30.2. The molecule has 0 aliphatic carbocycles. The van der Waals surface area contributed by atoms with E-state index in [0.29, 0.717) is 12.1 Å². The number of carbonyl (C=O) groups excluding carboxylic acids is 1. The van der Waals surface area contributed by atoms with E-state index in [0.717, 1.165) is 26.9 Å². The predicted molar refractivity (Wildman–Crippen MR) is 168 cm³/mol. The molecule has 46 heavy (non-hydrogen) atoms. The number of fused-ring (bicyclic) bond motifs is 1. The van der Waals surface area contributed by atoms with Crippen LogP contribution in [0.1, 0.15) is 11.3 Å². The molecule has 13 heteroatoms. The molecule has 2 N–H and O–H groups in total. The lowest BCUT2D eigenvalue weighted by Crippen LogP contribution is -2.42. The Balaban J connectivity index is 1.39. The molecule has 6 rings (SSSR count). The summed E-state index contributed by atoms with van der Waals surface area (Å²) in [6, 6.07) is 23.2. The van der Waals surface area contributed by atoms with E-state index in [2.05, 4.69) is 20.4 Å². The van der Waals surface area contributed by atoms with E-state index < -0.39 is 40.2 Å². The van der Waals surface area contributed by atoms with Gasteiger partial charge in [-0.05, 0) is 78.3 Å². The van der Waals surface area contributed by atoms with Crippen molar-refractivity contribution in [2.24, 2.45) is 0 Å². The second-order valence-corrected chi connectivity index (χ2v) is 10.7. The van der Waals surface area contributed by atoms with Crippen LogP contribution in [0.15, 0.2) is 107 Å². The fourth-order valence-electron chi connectivity index (χ4n) is 5.22. The van der Waals surface area contributed by atoms with Crippen LogP contribution in [0, 0.1) is 0 Å². The maximum atomic E-state index is 14.0. The lowest BCUT2D eigenvalue weighted by Gasteiger charge is -2.15. The highest BCUT2D eigenvalue weighted by Gasteiger charge is 2.39. The number of nitrogens with zero attached hydrogens (tertiary/aromatic N) is 5. The number of aromatic nitrogens is 5. The molecular weight excluding hydrogens is 599 g/mol. The van der Waals surface area contributed by atoms with Gasteiger partial charge >= 0.3 is 17.9 Å². The second kappa shape index (κ2) is 11.9. The van der Waals surface area contributed by atoms with Gasteiger partial charge in [-0.1, -0.05) is 48.5 Å². The minimum atomic E-state index is -5.01. The Kier molecular flexibility index (Phi) is 7.84. The molecule has 0 saturated carbocycles. The number of nitrogens with one attached hydrogen (secondary N) is 2. The summed E-state index contributed by atoms with van der Waals surface area (Å²) >= 11 is 0. The summed E-state index contributed by atoms with van der Waals surface area (Å²) in [6.07, 6.45) is -1.89. The van der Waals surface area contributed by atoms with Crippen molar-refractivity contribution in [3.8, 4) is 27.9 Å². The number of aromatic amines is 1. The van der Waals surface area contributed by atoms with Gasteiger partial charge in [0.2, 0.25) is 0 Å². The van der Waals surface area contributed by atoms with E-state index in [9.17, 15) is 27.6 Å². The van der Waals surface area contributed by atoms with Gasteiger partial charge in [0.1, 0.15) is 5.52 Å². The third-order valence-corrected chi connectivity index (χ3v) is 7.25. The molecule has 0 bridgehead atoms. The first-order valence-electron chi connectivity index (χ1n) is 14.0. The lowest BCUT2D eigenvalue weighted by atomic mass is 9.99. The molecular formula is C33H26F3N7O3. The van der Waals surface area contributed by atoms with Gasteiger partial charge in [-0.15, -0.1) is 0 Å². The van der Waals surface area contributed by atoms with Gasteiger partial charge < -0.3 is 15.2 Å². The Morgan fingerprint density at radius 1 is 0.891 bits per heavy atom. The van der Waals surface area contributed by atoms with Crippen molar-refractivity contribution in [2.75, 3.05) is 19.4 Å². The van der Waals surface area contributed by atoms with Crippen molar-refractivity contribution < 1.29 is 18.0 Å². The minimum absolute atomic E-state index is 0.107. The van der Waals surface area contributed by atoms with E-state index >= 15 is 0 Å². The van der Waals surface area contributed by atoms with Crippen molar-refractivity contribution in [3.63, 3.8) is 0 Å². The average Bonchev–Trinajstić information content (AvgIpc) is 3.42. The molecule has 0 saturated heterocycles. The summed E-state index contributed by atoms with van der Waals surface area (Å²) in [7, 11) is 3.93. The highest BCUT2D eigenvalue weighted by Crippen LogP contribution is 2.33. The topological polar surface area (TPSA) is 118 Å². The molecule has 0 atom stereocenters. The number of hydrogen-bond donors (Lipinski definition) is 2. The maximum Gasteiger partial charge on any atom is 0.437 e. The smallest absolute Gasteiger partial charge is 0.307 e. The summed E-state index contributed by atoms with van der Waals surface area (Å²) in [4.78, 5) is 48.0. The fourth-order valence-corrected chi connectivity index (χ4v) is 5.22. The molecule has 1 amide bonds. The summed E-state index contributed by atoms with van der Waals surface area (Å²) in [6.45, 7) is 0.712. The summed E-state index contributed by atoms with van der Waals surface area (Å²) < 4.78 is 43.1. The number of hydrogen-bond acceptors (Lipinski definition) is 6. The van der Waals surface area contributed by atoms with Crippen LogP contribution in [-0.4, -0.2) is 49.3 Å². The summed E-state index contributed by atoms with van der Waals surface area (Å²) in [5.74, 6) is 0. The molecule has 232 valence electrons. The van der Waals surface area contributed by atoms with Gasteiger partial charge in [0.25, 0.3) is 5.56 Å². The van der Waals surface area contributed by atoms with Crippen molar-refractivity contribution in [2.45, 2.75) is 12.7 Å². The molecule has 6 aromatic rings. The van der Waals surface area contributed by atoms with E-state index in [-0.39, 0.29) is 15.9 Å². The third-order valence-electron chi connectivity index (χ3n) is 7.25. The monoisotopic (exact) mass is 625 g/mol. The van der Waals surface area contributed by atoms with E-state index in [1.165, 1.54) is 12.1 Å². The minimum Gasteiger partial charge on any atom is -0.307 e. The zero-order valence-electron chi connectivity index (χ0n) is 24.5. The fraction of sp³-hybridized carbons (Fsp3) is 0.121. The lowest BCUT2D eigenvalue weighted by molar-refractivity contribution is -0.140. The second-order valence-electron chi connectivity index (χ2n) is 10.7. The van der Waals surface area contributed by atoms with Crippen LogP contribution >= 0.6 is 0 Å². The summed E-state index contributed by atoms with van der Waals surface area (Å²) in [5.41, 5.74) is -0.866. The molecule has 3 heterocycles. The standard InChI is InChI=1S/C33H26F3N7O3/c1-41(2)19-23-6-3-4-9-26(23)21-10-12-24(13-11-21)38-31(45)42-30(44)28-27(39-32(42)46)29(33(34,35)36)40-43(28)25-8-5-7-22(18-25)20-14-16-37-17-15-20/h3-18H,19H2,1-2H3,(H,38,45)(H,39,46). The van der Waals surface area contributed by atoms with Gasteiger partial charge in [-0.25, -0.2) is 14.3 Å².